The highest BCUT2D eigenvalue weighted by molar-refractivity contribution is 7.99. The summed E-state index contributed by atoms with van der Waals surface area (Å²) in [6.45, 7) is 8.46. The minimum atomic E-state index is -0.488. The van der Waals surface area contributed by atoms with Crippen LogP contribution < -0.4 is 5.46 Å². The van der Waals surface area contributed by atoms with Crippen molar-refractivity contribution in [3.63, 3.8) is 0 Å². The van der Waals surface area contributed by atoms with Crippen LogP contribution in [-0.2, 0) is 14.7 Å². The minimum Gasteiger partial charge on any atom is -0.399 e. The van der Waals surface area contributed by atoms with Crippen LogP contribution in [0, 0.1) is 0 Å². The molecule has 0 radical (unpaired) electrons. The normalized spacial score (nSPS) is 18.5. The number of fused-ring (bicyclic) bond motifs is 11. The topological polar surface area (TPSA) is 18.5 Å². The summed E-state index contributed by atoms with van der Waals surface area (Å²) in [5.41, 5.74) is 9.99. The Morgan fingerprint density at radius 1 is 0.488 bits per heavy atom. The van der Waals surface area contributed by atoms with Crippen LogP contribution in [0.3, 0.4) is 0 Å². The van der Waals surface area contributed by atoms with E-state index in [1.54, 1.807) is 0 Å². The Kier molecular flexibility index (Phi) is 5.35. The first kappa shape index (κ1) is 25.2. The van der Waals surface area contributed by atoms with Crippen molar-refractivity contribution in [2.75, 3.05) is 0 Å². The number of hydrogen-bond acceptors (Lipinski definition) is 3. The largest absolute Gasteiger partial charge is 0.494 e. The monoisotopic (exact) mass is 550 g/mol. The van der Waals surface area contributed by atoms with Gasteiger partial charge in [0.05, 0.1) is 16.6 Å². The van der Waals surface area contributed by atoms with Crippen LogP contribution in [0.25, 0.3) is 22.3 Å². The van der Waals surface area contributed by atoms with Gasteiger partial charge in [-0.1, -0.05) is 115 Å². The summed E-state index contributed by atoms with van der Waals surface area (Å²) >= 11 is 1.87. The lowest BCUT2D eigenvalue weighted by atomic mass is 9.62. The van der Waals surface area contributed by atoms with E-state index in [0.29, 0.717) is 0 Å². The standard InChI is InChI=1S/C37H31BO2S/c1-35(2)36(3,4)40-38(39-35)24-21-22-30-28(23-24)26-14-6-5-13-25(26)27-15-7-8-16-29(27)37(30)31-17-9-11-19-33(31)41-34-20-12-10-18-32(34)37/h5-23H,1-4H3. The first-order valence-electron chi connectivity index (χ1n) is 14.4. The van der Waals surface area contributed by atoms with Gasteiger partial charge in [-0.15, -0.1) is 0 Å². The molecule has 2 heterocycles. The molecule has 5 aromatic rings. The van der Waals surface area contributed by atoms with E-state index in [4.69, 9.17) is 9.31 Å². The summed E-state index contributed by atoms with van der Waals surface area (Å²) < 4.78 is 13.1. The zero-order valence-electron chi connectivity index (χ0n) is 23.8. The first-order valence-corrected chi connectivity index (χ1v) is 15.2. The molecule has 4 heteroatoms. The van der Waals surface area contributed by atoms with Crippen LogP contribution in [0.15, 0.2) is 125 Å². The fraction of sp³-hybridized carbons (Fsp3) is 0.189. The molecule has 1 fully saturated rings. The van der Waals surface area contributed by atoms with Gasteiger partial charge in [-0.2, -0.15) is 0 Å². The number of hydrogen-bond donors (Lipinski definition) is 0. The molecule has 1 spiro atoms. The maximum absolute atomic E-state index is 6.55. The molecule has 8 rings (SSSR count). The highest BCUT2D eigenvalue weighted by Crippen LogP contribution is 2.60. The third kappa shape index (κ3) is 3.42. The van der Waals surface area contributed by atoms with Gasteiger partial charge in [0.2, 0.25) is 0 Å². The van der Waals surface area contributed by atoms with Crippen molar-refractivity contribution in [2.24, 2.45) is 0 Å². The van der Waals surface area contributed by atoms with Crippen molar-refractivity contribution in [3.05, 3.63) is 138 Å². The lowest BCUT2D eigenvalue weighted by Crippen LogP contribution is -2.41. The van der Waals surface area contributed by atoms with E-state index in [1.807, 2.05) is 11.8 Å². The predicted molar refractivity (Wildman–Crippen MR) is 169 cm³/mol. The Bertz CT molecular complexity index is 1790. The summed E-state index contributed by atoms with van der Waals surface area (Å²) in [6.07, 6.45) is 0. The molecule has 0 N–H and O–H groups in total. The average molecular weight is 551 g/mol. The molecule has 1 saturated heterocycles. The van der Waals surface area contributed by atoms with Crippen molar-refractivity contribution < 1.29 is 9.31 Å². The van der Waals surface area contributed by atoms with Crippen molar-refractivity contribution in [1.82, 2.24) is 0 Å². The molecule has 0 atom stereocenters. The zero-order chi connectivity index (χ0) is 28.0. The Balaban J connectivity index is 1.50. The predicted octanol–water partition coefficient (Wildman–Crippen LogP) is 8.48. The van der Waals surface area contributed by atoms with Crippen molar-refractivity contribution in [1.29, 1.82) is 0 Å². The van der Waals surface area contributed by atoms with Crippen LogP contribution in [0.4, 0.5) is 0 Å². The summed E-state index contributed by atoms with van der Waals surface area (Å²) in [7, 11) is -0.430. The molecule has 0 bridgehead atoms. The molecule has 41 heavy (non-hydrogen) atoms. The third-order valence-corrected chi connectivity index (χ3v) is 10.8. The number of rotatable bonds is 1. The van der Waals surface area contributed by atoms with Crippen LogP contribution in [0.1, 0.15) is 49.9 Å². The zero-order valence-corrected chi connectivity index (χ0v) is 24.6. The van der Waals surface area contributed by atoms with Crippen LogP contribution in [-0.4, -0.2) is 18.3 Å². The Hall–Kier alpha value is -3.57. The van der Waals surface area contributed by atoms with Gasteiger partial charge in [-0.3, -0.25) is 0 Å². The van der Waals surface area contributed by atoms with E-state index < -0.39 is 23.7 Å². The van der Waals surface area contributed by atoms with E-state index in [2.05, 4.69) is 143 Å². The summed E-state index contributed by atoms with van der Waals surface area (Å²) in [5.74, 6) is 0. The Morgan fingerprint density at radius 2 is 0.951 bits per heavy atom. The SMILES string of the molecule is CC1(C)OB(c2ccc3c(c2)-c2ccccc2-c2ccccc2C32c3ccccc3Sc3ccccc32)OC1(C)C. The summed E-state index contributed by atoms with van der Waals surface area (Å²) in [5, 5.41) is 0. The second-order valence-corrected chi connectivity index (χ2v) is 13.4. The van der Waals surface area contributed by atoms with E-state index in [9.17, 15) is 0 Å². The van der Waals surface area contributed by atoms with Gasteiger partial charge in [0.1, 0.15) is 0 Å². The Morgan fingerprint density at radius 3 is 1.56 bits per heavy atom. The molecule has 0 unspecified atom stereocenters. The fourth-order valence-corrected chi connectivity index (χ4v) is 8.15. The molecule has 2 aliphatic heterocycles. The molecule has 1 aliphatic carbocycles. The van der Waals surface area contributed by atoms with Gasteiger partial charge in [0.15, 0.2) is 0 Å². The highest BCUT2D eigenvalue weighted by Gasteiger charge is 2.53. The maximum atomic E-state index is 6.55. The second kappa shape index (κ2) is 8.72. The van der Waals surface area contributed by atoms with E-state index in [1.165, 1.54) is 54.3 Å². The van der Waals surface area contributed by atoms with Crippen molar-refractivity contribution >= 4 is 24.3 Å². The molecule has 0 saturated carbocycles. The van der Waals surface area contributed by atoms with E-state index >= 15 is 0 Å². The second-order valence-electron chi connectivity index (χ2n) is 12.3. The van der Waals surface area contributed by atoms with Crippen LogP contribution in [0.5, 0.6) is 0 Å². The van der Waals surface area contributed by atoms with Crippen molar-refractivity contribution in [2.45, 2.75) is 54.1 Å². The molecule has 200 valence electrons. The molecule has 2 nitrogen and oxygen atoms in total. The molecular formula is C37H31BO2S. The molecule has 5 aromatic carbocycles. The third-order valence-electron chi connectivity index (χ3n) is 9.61. The van der Waals surface area contributed by atoms with Gasteiger partial charge in [-0.25, -0.2) is 0 Å². The van der Waals surface area contributed by atoms with Gasteiger partial charge >= 0.3 is 7.12 Å². The maximum Gasteiger partial charge on any atom is 0.494 e. The van der Waals surface area contributed by atoms with Gasteiger partial charge < -0.3 is 9.31 Å². The quantitative estimate of drug-likeness (QED) is 0.191. The van der Waals surface area contributed by atoms with Crippen molar-refractivity contribution in [3.8, 4) is 22.3 Å². The molecule has 0 amide bonds. The van der Waals surface area contributed by atoms with Crippen LogP contribution in [0.2, 0.25) is 0 Å². The van der Waals surface area contributed by atoms with Gasteiger partial charge in [-0.05, 0) is 89.8 Å². The molecular weight excluding hydrogens is 519 g/mol. The number of benzene rings is 5. The summed E-state index contributed by atoms with van der Waals surface area (Å²) in [6, 6.07) is 42.7. The highest BCUT2D eigenvalue weighted by atomic mass is 32.2. The van der Waals surface area contributed by atoms with Gasteiger partial charge in [0.25, 0.3) is 0 Å². The van der Waals surface area contributed by atoms with E-state index in [0.717, 1.165) is 5.46 Å². The Labute approximate surface area is 246 Å². The molecule has 0 aromatic heterocycles. The molecule has 3 aliphatic rings. The summed E-state index contributed by atoms with van der Waals surface area (Å²) in [4.78, 5) is 2.60. The van der Waals surface area contributed by atoms with Gasteiger partial charge in [0, 0.05) is 9.79 Å². The van der Waals surface area contributed by atoms with E-state index in [-0.39, 0.29) is 0 Å². The minimum absolute atomic E-state index is 0.404. The first-order chi connectivity index (χ1) is 19.8. The lowest BCUT2D eigenvalue weighted by molar-refractivity contribution is 0.00578. The van der Waals surface area contributed by atoms with Crippen LogP contribution >= 0.6 is 11.8 Å². The lowest BCUT2D eigenvalue weighted by Gasteiger charge is -2.42. The smallest absolute Gasteiger partial charge is 0.399 e. The fourth-order valence-electron chi connectivity index (χ4n) is 6.96. The average Bonchev–Trinajstić information content (AvgIpc) is 3.15.